The summed E-state index contributed by atoms with van der Waals surface area (Å²) in [5, 5.41) is 0.805. The van der Waals surface area contributed by atoms with E-state index in [-0.39, 0.29) is 6.04 Å². The molecule has 0 aromatic heterocycles. The smallest absolute Gasteiger partial charge is 0.0417 e. The molecular formula is C12H18ClNS. The number of hydrogen-bond donors (Lipinski definition) is 1. The van der Waals surface area contributed by atoms with Crippen LogP contribution in [0.5, 0.6) is 0 Å². The molecule has 0 saturated heterocycles. The van der Waals surface area contributed by atoms with Crippen molar-refractivity contribution in [1.29, 1.82) is 0 Å². The van der Waals surface area contributed by atoms with E-state index in [1.165, 1.54) is 10.5 Å². The second-order valence-corrected chi connectivity index (χ2v) is 5.30. The quantitative estimate of drug-likeness (QED) is 0.798. The Kier molecular flexibility index (Phi) is 5.51. The maximum Gasteiger partial charge on any atom is 0.0417 e. The van der Waals surface area contributed by atoms with Crippen LogP contribution in [0.3, 0.4) is 0 Å². The van der Waals surface area contributed by atoms with Gasteiger partial charge in [-0.3, -0.25) is 0 Å². The zero-order valence-electron chi connectivity index (χ0n) is 9.29. The Balaban J connectivity index is 2.85. The molecule has 15 heavy (non-hydrogen) atoms. The molecule has 1 aromatic rings. The van der Waals surface area contributed by atoms with E-state index in [1.807, 2.05) is 23.9 Å². The molecule has 0 fully saturated rings. The van der Waals surface area contributed by atoms with Crippen molar-refractivity contribution in [2.75, 3.05) is 5.75 Å². The second-order valence-electron chi connectivity index (χ2n) is 3.56. The average molecular weight is 244 g/mol. The van der Waals surface area contributed by atoms with Crippen molar-refractivity contribution in [3.63, 3.8) is 0 Å². The summed E-state index contributed by atoms with van der Waals surface area (Å²) in [6.07, 6.45) is 1.95. The Morgan fingerprint density at radius 1 is 1.40 bits per heavy atom. The molecule has 0 heterocycles. The monoisotopic (exact) mass is 243 g/mol. The van der Waals surface area contributed by atoms with Crippen LogP contribution in [-0.2, 0) is 6.42 Å². The summed E-state index contributed by atoms with van der Waals surface area (Å²) < 4.78 is 0. The van der Waals surface area contributed by atoms with E-state index >= 15 is 0 Å². The Morgan fingerprint density at radius 3 is 2.73 bits per heavy atom. The summed E-state index contributed by atoms with van der Waals surface area (Å²) >= 11 is 7.81. The molecule has 84 valence electrons. The van der Waals surface area contributed by atoms with Crippen LogP contribution < -0.4 is 5.73 Å². The normalized spacial score (nSPS) is 12.8. The van der Waals surface area contributed by atoms with Gasteiger partial charge in [-0.1, -0.05) is 31.5 Å². The van der Waals surface area contributed by atoms with Crippen LogP contribution in [-0.4, -0.2) is 11.8 Å². The first kappa shape index (κ1) is 12.9. The number of halogens is 1. The highest BCUT2D eigenvalue weighted by molar-refractivity contribution is 7.99. The minimum atomic E-state index is 0.252. The zero-order chi connectivity index (χ0) is 11.3. The molecule has 0 radical (unpaired) electrons. The van der Waals surface area contributed by atoms with Gasteiger partial charge in [0.1, 0.15) is 0 Å². The van der Waals surface area contributed by atoms with Crippen LogP contribution >= 0.6 is 23.4 Å². The summed E-state index contributed by atoms with van der Waals surface area (Å²) in [5.74, 6) is 1.06. The molecular weight excluding hydrogens is 226 g/mol. The van der Waals surface area contributed by atoms with Crippen molar-refractivity contribution in [1.82, 2.24) is 0 Å². The molecule has 0 aliphatic carbocycles. The van der Waals surface area contributed by atoms with Gasteiger partial charge < -0.3 is 5.73 Å². The molecule has 2 N–H and O–H groups in total. The van der Waals surface area contributed by atoms with Crippen molar-refractivity contribution >= 4 is 23.4 Å². The maximum absolute atomic E-state index is 5.98. The van der Waals surface area contributed by atoms with Gasteiger partial charge in [0.15, 0.2) is 0 Å². The molecule has 0 aliphatic heterocycles. The minimum absolute atomic E-state index is 0.252. The number of nitrogens with two attached hydrogens (primary N) is 1. The van der Waals surface area contributed by atoms with Gasteiger partial charge in [0, 0.05) is 16.0 Å². The lowest BCUT2D eigenvalue weighted by atomic mass is 10.1. The molecule has 0 bridgehead atoms. The summed E-state index contributed by atoms with van der Waals surface area (Å²) in [6, 6.07) is 6.32. The summed E-state index contributed by atoms with van der Waals surface area (Å²) in [6.45, 7) is 4.27. The fourth-order valence-corrected chi connectivity index (χ4v) is 2.51. The number of thioether (sulfide) groups is 1. The van der Waals surface area contributed by atoms with Gasteiger partial charge in [-0.05, 0) is 36.3 Å². The van der Waals surface area contributed by atoms with Gasteiger partial charge in [-0.25, -0.2) is 0 Å². The summed E-state index contributed by atoms with van der Waals surface area (Å²) in [7, 11) is 0. The van der Waals surface area contributed by atoms with Crippen molar-refractivity contribution in [2.24, 2.45) is 5.73 Å². The zero-order valence-corrected chi connectivity index (χ0v) is 10.9. The predicted molar refractivity (Wildman–Crippen MR) is 69.8 cm³/mol. The maximum atomic E-state index is 5.98. The van der Waals surface area contributed by atoms with E-state index in [9.17, 15) is 0 Å². The van der Waals surface area contributed by atoms with Gasteiger partial charge in [-0.15, -0.1) is 11.8 Å². The topological polar surface area (TPSA) is 26.0 Å². The largest absolute Gasteiger partial charge is 0.327 e. The van der Waals surface area contributed by atoms with Crippen LogP contribution in [0.15, 0.2) is 23.1 Å². The number of rotatable bonds is 5. The van der Waals surface area contributed by atoms with Gasteiger partial charge in [0.2, 0.25) is 0 Å². The van der Waals surface area contributed by atoms with E-state index in [2.05, 4.69) is 19.9 Å². The van der Waals surface area contributed by atoms with E-state index < -0.39 is 0 Å². The highest BCUT2D eigenvalue weighted by atomic mass is 35.5. The van der Waals surface area contributed by atoms with Crippen molar-refractivity contribution < 1.29 is 0 Å². The van der Waals surface area contributed by atoms with Crippen molar-refractivity contribution in [3.8, 4) is 0 Å². The second kappa shape index (κ2) is 6.41. The third kappa shape index (κ3) is 4.06. The van der Waals surface area contributed by atoms with Crippen LogP contribution in [0.25, 0.3) is 0 Å². The third-order valence-electron chi connectivity index (χ3n) is 2.34. The lowest BCUT2D eigenvalue weighted by molar-refractivity contribution is 0.641. The first-order chi connectivity index (χ1) is 7.17. The van der Waals surface area contributed by atoms with E-state index in [1.54, 1.807) is 0 Å². The molecule has 0 saturated carbocycles. The van der Waals surface area contributed by atoms with Gasteiger partial charge in [-0.2, -0.15) is 0 Å². The predicted octanol–water partition coefficient (Wildman–Crippen LogP) is 3.73. The Morgan fingerprint density at radius 2 is 2.13 bits per heavy atom. The van der Waals surface area contributed by atoms with Gasteiger partial charge in [0.25, 0.3) is 0 Å². The standard InChI is InChI=1S/C12H18ClNS/c1-3-11(14)7-9-5-6-10(13)8-12(9)15-4-2/h5-6,8,11H,3-4,7,14H2,1-2H3. The van der Waals surface area contributed by atoms with Crippen molar-refractivity contribution in [2.45, 2.75) is 37.6 Å². The molecule has 3 heteroatoms. The lowest BCUT2D eigenvalue weighted by Gasteiger charge is -2.12. The van der Waals surface area contributed by atoms with E-state index in [4.69, 9.17) is 17.3 Å². The summed E-state index contributed by atoms with van der Waals surface area (Å²) in [4.78, 5) is 1.27. The molecule has 0 aliphatic rings. The number of hydrogen-bond acceptors (Lipinski definition) is 2. The molecule has 0 spiro atoms. The first-order valence-electron chi connectivity index (χ1n) is 5.34. The average Bonchev–Trinajstić information content (AvgIpc) is 2.22. The van der Waals surface area contributed by atoms with Crippen LogP contribution in [0.2, 0.25) is 5.02 Å². The van der Waals surface area contributed by atoms with Crippen LogP contribution in [0.4, 0.5) is 0 Å². The fraction of sp³-hybridized carbons (Fsp3) is 0.500. The van der Waals surface area contributed by atoms with Gasteiger partial charge in [0.05, 0.1) is 0 Å². The minimum Gasteiger partial charge on any atom is -0.327 e. The van der Waals surface area contributed by atoms with E-state index in [0.717, 1.165) is 23.6 Å². The van der Waals surface area contributed by atoms with Crippen molar-refractivity contribution in [3.05, 3.63) is 28.8 Å². The Labute approximate surface area is 101 Å². The first-order valence-corrected chi connectivity index (χ1v) is 6.70. The molecule has 1 aromatic carbocycles. The highest BCUT2D eigenvalue weighted by Gasteiger charge is 2.07. The molecule has 1 nitrogen and oxygen atoms in total. The lowest BCUT2D eigenvalue weighted by Crippen LogP contribution is -2.21. The SMILES string of the molecule is CCSc1cc(Cl)ccc1CC(N)CC. The molecule has 1 atom stereocenters. The Hall–Kier alpha value is -0.180. The fourth-order valence-electron chi connectivity index (χ4n) is 1.41. The third-order valence-corrected chi connectivity index (χ3v) is 3.55. The van der Waals surface area contributed by atoms with E-state index in [0.29, 0.717) is 0 Å². The highest BCUT2D eigenvalue weighted by Crippen LogP contribution is 2.27. The molecule has 1 rings (SSSR count). The van der Waals surface area contributed by atoms with Gasteiger partial charge >= 0.3 is 0 Å². The molecule has 1 unspecified atom stereocenters. The Bertz CT molecular complexity index is 314. The summed E-state index contributed by atoms with van der Waals surface area (Å²) in [5.41, 5.74) is 7.29. The molecule has 0 amide bonds. The van der Waals surface area contributed by atoms with Crippen LogP contribution in [0.1, 0.15) is 25.8 Å². The van der Waals surface area contributed by atoms with Crippen LogP contribution in [0, 0.1) is 0 Å². The number of benzene rings is 1.